The highest BCUT2D eigenvalue weighted by atomic mass is 16.5. The fraction of sp³-hybridized carbons (Fsp3) is 0.417. The van der Waals surface area contributed by atoms with Gasteiger partial charge in [0.05, 0.1) is 13.2 Å². The van der Waals surface area contributed by atoms with Crippen molar-refractivity contribution in [3.05, 3.63) is 64.8 Å². The van der Waals surface area contributed by atoms with E-state index in [1.54, 1.807) is 18.4 Å². The molecule has 0 amide bonds. The number of rotatable bonds is 3. The van der Waals surface area contributed by atoms with Crippen molar-refractivity contribution in [1.82, 2.24) is 9.47 Å². The molecule has 0 saturated carbocycles. The van der Waals surface area contributed by atoms with E-state index in [9.17, 15) is 0 Å². The van der Waals surface area contributed by atoms with Crippen LogP contribution in [0.3, 0.4) is 0 Å². The van der Waals surface area contributed by atoms with E-state index in [2.05, 4.69) is 58.9 Å². The molecule has 0 N–H and O–H groups in total. The van der Waals surface area contributed by atoms with E-state index in [0.717, 1.165) is 18.8 Å². The lowest BCUT2D eigenvalue weighted by atomic mass is 9.90. The molecule has 3 nitrogen and oxygen atoms in total. The molecule has 2 aliphatic rings. The van der Waals surface area contributed by atoms with Gasteiger partial charge in [0.1, 0.15) is 5.75 Å². The van der Waals surface area contributed by atoms with Gasteiger partial charge < -0.3 is 9.30 Å². The van der Waals surface area contributed by atoms with Crippen LogP contribution in [-0.4, -0.2) is 23.1 Å². The SMILES string of the molecule is COc1ccc(CN2CCCn3c4c(c5cc(C)ccc53)CCC[C@@H]42)cc1. The Morgan fingerprint density at radius 2 is 1.89 bits per heavy atom. The smallest absolute Gasteiger partial charge is 0.118 e. The average Bonchev–Trinajstić information content (AvgIpc) is 2.88. The Labute approximate surface area is 161 Å². The third-order valence-corrected chi connectivity index (χ3v) is 6.40. The van der Waals surface area contributed by atoms with Gasteiger partial charge in [-0.3, -0.25) is 4.90 Å². The average molecular weight is 361 g/mol. The van der Waals surface area contributed by atoms with Crippen LogP contribution in [0.15, 0.2) is 42.5 Å². The van der Waals surface area contributed by atoms with Gasteiger partial charge in [0.15, 0.2) is 0 Å². The van der Waals surface area contributed by atoms with Gasteiger partial charge in [-0.05, 0) is 68.0 Å². The minimum absolute atomic E-state index is 0.547. The van der Waals surface area contributed by atoms with Crippen molar-refractivity contribution < 1.29 is 4.74 Å². The zero-order valence-electron chi connectivity index (χ0n) is 16.4. The second-order valence-corrected chi connectivity index (χ2v) is 8.12. The fourth-order valence-electron chi connectivity index (χ4n) is 5.15. The minimum Gasteiger partial charge on any atom is -0.497 e. The predicted octanol–water partition coefficient (Wildman–Crippen LogP) is 5.24. The Morgan fingerprint density at radius 1 is 1.04 bits per heavy atom. The van der Waals surface area contributed by atoms with Crippen molar-refractivity contribution in [1.29, 1.82) is 0 Å². The second-order valence-electron chi connectivity index (χ2n) is 8.12. The Hall–Kier alpha value is -2.26. The second kappa shape index (κ2) is 6.72. The molecular weight excluding hydrogens is 332 g/mol. The zero-order valence-corrected chi connectivity index (χ0v) is 16.4. The van der Waals surface area contributed by atoms with Crippen LogP contribution in [0, 0.1) is 6.92 Å². The summed E-state index contributed by atoms with van der Waals surface area (Å²) in [7, 11) is 1.73. The third-order valence-electron chi connectivity index (χ3n) is 6.40. The first-order valence-corrected chi connectivity index (χ1v) is 10.2. The summed E-state index contributed by atoms with van der Waals surface area (Å²) in [6, 6.07) is 16.2. The van der Waals surface area contributed by atoms with Crippen LogP contribution in [0.2, 0.25) is 0 Å². The highest BCUT2D eigenvalue weighted by Gasteiger charge is 2.33. The largest absolute Gasteiger partial charge is 0.497 e. The van der Waals surface area contributed by atoms with Crippen LogP contribution < -0.4 is 4.74 Å². The lowest BCUT2D eigenvalue weighted by molar-refractivity contribution is 0.173. The Kier molecular flexibility index (Phi) is 4.20. The highest BCUT2D eigenvalue weighted by molar-refractivity contribution is 5.86. The van der Waals surface area contributed by atoms with E-state index in [1.807, 2.05) is 0 Å². The van der Waals surface area contributed by atoms with Gasteiger partial charge in [-0.15, -0.1) is 0 Å². The van der Waals surface area contributed by atoms with Crippen molar-refractivity contribution in [2.45, 2.75) is 51.7 Å². The zero-order chi connectivity index (χ0) is 18.4. The Balaban J connectivity index is 1.55. The molecular formula is C24H28N2O. The van der Waals surface area contributed by atoms with Crippen LogP contribution in [0.25, 0.3) is 10.9 Å². The number of hydrogen-bond acceptors (Lipinski definition) is 2. The van der Waals surface area contributed by atoms with E-state index in [1.165, 1.54) is 54.3 Å². The molecule has 0 bridgehead atoms. The van der Waals surface area contributed by atoms with E-state index in [-0.39, 0.29) is 0 Å². The summed E-state index contributed by atoms with van der Waals surface area (Å²) in [5.74, 6) is 0.935. The first kappa shape index (κ1) is 16.9. The van der Waals surface area contributed by atoms with Crippen molar-refractivity contribution >= 4 is 10.9 Å². The predicted molar refractivity (Wildman–Crippen MR) is 110 cm³/mol. The first-order chi connectivity index (χ1) is 13.2. The van der Waals surface area contributed by atoms with Crippen molar-refractivity contribution in [3.63, 3.8) is 0 Å². The molecule has 0 fully saturated rings. The lowest BCUT2D eigenvalue weighted by Gasteiger charge is -2.33. The number of nitrogens with zero attached hydrogens (tertiary/aromatic N) is 2. The number of benzene rings is 2. The number of ether oxygens (including phenoxy) is 1. The van der Waals surface area contributed by atoms with Gasteiger partial charge in [-0.1, -0.05) is 23.8 Å². The van der Waals surface area contributed by atoms with E-state index in [0.29, 0.717) is 6.04 Å². The van der Waals surface area contributed by atoms with Crippen LogP contribution in [0.1, 0.15) is 47.7 Å². The van der Waals surface area contributed by atoms with E-state index in [4.69, 9.17) is 4.74 Å². The molecule has 1 aliphatic carbocycles. The topological polar surface area (TPSA) is 17.4 Å². The Morgan fingerprint density at radius 3 is 2.70 bits per heavy atom. The van der Waals surface area contributed by atoms with Gasteiger partial charge in [0, 0.05) is 36.2 Å². The summed E-state index contributed by atoms with van der Waals surface area (Å²) >= 11 is 0. The van der Waals surface area contributed by atoms with E-state index < -0.39 is 0 Å². The summed E-state index contributed by atoms with van der Waals surface area (Å²) in [6.07, 6.45) is 5.02. The van der Waals surface area contributed by atoms with Crippen molar-refractivity contribution in [2.24, 2.45) is 0 Å². The maximum absolute atomic E-state index is 5.32. The quantitative estimate of drug-likeness (QED) is 0.635. The summed E-state index contributed by atoms with van der Waals surface area (Å²) in [5.41, 5.74) is 7.42. The third kappa shape index (κ3) is 2.85. The normalized spacial score (nSPS) is 19.7. The lowest BCUT2D eigenvalue weighted by Crippen LogP contribution is -2.31. The van der Waals surface area contributed by atoms with Gasteiger partial charge in [-0.25, -0.2) is 0 Å². The van der Waals surface area contributed by atoms with Gasteiger partial charge >= 0.3 is 0 Å². The summed E-state index contributed by atoms with van der Waals surface area (Å²) in [5, 5.41) is 1.50. The molecule has 2 heterocycles. The molecule has 3 aromatic rings. The molecule has 0 spiro atoms. The number of methoxy groups -OCH3 is 1. The maximum Gasteiger partial charge on any atom is 0.118 e. The molecule has 0 saturated heterocycles. The standard InChI is InChI=1S/C24H28N2O/c1-17-7-12-22-21(15-17)20-5-3-6-23-24(20)26(22)14-4-13-25(23)16-18-8-10-19(27-2)11-9-18/h7-12,15,23H,3-6,13-14,16H2,1-2H3/t23-/m0/s1. The summed E-state index contributed by atoms with van der Waals surface area (Å²) < 4.78 is 7.96. The summed E-state index contributed by atoms with van der Waals surface area (Å²) in [4.78, 5) is 2.72. The summed E-state index contributed by atoms with van der Waals surface area (Å²) in [6.45, 7) is 5.55. The molecule has 27 heavy (non-hydrogen) atoms. The van der Waals surface area contributed by atoms with Crippen LogP contribution in [-0.2, 0) is 19.5 Å². The maximum atomic E-state index is 5.32. The van der Waals surface area contributed by atoms with Gasteiger partial charge in [0.25, 0.3) is 0 Å². The number of aryl methyl sites for hydroxylation is 3. The molecule has 1 aliphatic heterocycles. The Bertz CT molecular complexity index is 966. The first-order valence-electron chi connectivity index (χ1n) is 10.2. The van der Waals surface area contributed by atoms with Crippen LogP contribution in [0.5, 0.6) is 5.75 Å². The van der Waals surface area contributed by atoms with Crippen LogP contribution in [0.4, 0.5) is 0 Å². The number of fused-ring (bicyclic) bond motifs is 3. The molecule has 3 heteroatoms. The van der Waals surface area contributed by atoms with Gasteiger partial charge in [0.2, 0.25) is 0 Å². The number of hydrogen-bond donors (Lipinski definition) is 0. The van der Waals surface area contributed by atoms with Gasteiger partial charge in [-0.2, -0.15) is 0 Å². The van der Waals surface area contributed by atoms with E-state index >= 15 is 0 Å². The van der Waals surface area contributed by atoms with Crippen LogP contribution >= 0.6 is 0 Å². The van der Waals surface area contributed by atoms with Crippen molar-refractivity contribution in [2.75, 3.05) is 13.7 Å². The molecule has 2 aromatic carbocycles. The molecule has 140 valence electrons. The molecule has 5 rings (SSSR count). The monoisotopic (exact) mass is 360 g/mol. The fourth-order valence-corrected chi connectivity index (χ4v) is 5.15. The molecule has 0 radical (unpaired) electrons. The molecule has 1 atom stereocenters. The molecule has 0 unspecified atom stereocenters. The van der Waals surface area contributed by atoms with Crippen molar-refractivity contribution in [3.8, 4) is 5.75 Å². The molecule has 1 aromatic heterocycles. The highest BCUT2D eigenvalue weighted by Crippen LogP contribution is 2.42. The number of aromatic nitrogens is 1. The minimum atomic E-state index is 0.547.